The SMILES string of the molecule is C=C1C=C2CC[C@@H]3[C@H](CC[C@]4(C)[C@@H](OC(C)=O)CC[C@@H]34)[C@@]2(COC(C)=O)CC1. The molecule has 4 heteroatoms. The van der Waals surface area contributed by atoms with Gasteiger partial charge < -0.3 is 9.47 Å². The highest BCUT2D eigenvalue weighted by molar-refractivity contribution is 5.66. The molecular formula is C24H34O4. The lowest BCUT2D eigenvalue weighted by molar-refractivity contribution is -0.159. The molecular weight excluding hydrogens is 352 g/mol. The van der Waals surface area contributed by atoms with Crippen LogP contribution < -0.4 is 0 Å². The minimum absolute atomic E-state index is 0.0172. The molecule has 0 unspecified atom stereocenters. The molecule has 0 heterocycles. The van der Waals surface area contributed by atoms with Crippen LogP contribution in [0.4, 0.5) is 0 Å². The molecule has 4 nitrogen and oxygen atoms in total. The largest absolute Gasteiger partial charge is 0.465 e. The van der Waals surface area contributed by atoms with E-state index in [2.05, 4.69) is 19.6 Å². The van der Waals surface area contributed by atoms with E-state index in [1.165, 1.54) is 31.4 Å². The van der Waals surface area contributed by atoms with Crippen LogP contribution in [0.3, 0.4) is 0 Å². The van der Waals surface area contributed by atoms with Crippen molar-refractivity contribution in [3.63, 3.8) is 0 Å². The Kier molecular flexibility index (Phi) is 4.96. The Morgan fingerprint density at radius 1 is 1.07 bits per heavy atom. The minimum atomic E-state index is -0.184. The molecule has 3 saturated carbocycles. The summed E-state index contributed by atoms with van der Waals surface area (Å²) >= 11 is 0. The predicted octanol–water partition coefficient (Wildman–Crippen LogP) is 4.98. The molecule has 0 aromatic carbocycles. The Morgan fingerprint density at radius 2 is 1.86 bits per heavy atom. The van der Waals surface area contributed by atoms with Gasteiger partial charge in [0, 0.05) is 24.7 Å². The first-order chi connectivity index (χ1) is 13.3. The maximum atomic E-state index is 11.7. The van der Waals surface area contributed by atoms with Crippen molar-refractivity contribution in [3.8, 4) is 0 Å². The van der Waals surface area contributed by atoms with Gasteiger partial charge >= 0.3 is 11.9 Å². The van der Waals surface area contributed by atoms with Gasteiger partial charge in [0.1, 0.15) is 12.7 Å². The van der Waals surface area contributed by atoms with Crippen LogP contribution in [0.2, 0.25) is 0 Å². The van der Waals surface area contributed by atoms with Crippen LogP contribution in [0.15, 0.2) is 23.8 Å². The van der Waals surface area contributed by atoms with Gasteiger partial charge in [-0.25, -0.2) is 0 Å². The fourth-order valence-electron chi connectivity index (χ4n) is 7.30. The maximum absolute atomic E-state index is 11.7. The third-order valence-electron chi connectivity index (χ3n) is 8.56. The smallest absolute Gasteiger partial charge is 0.302 e. The van der Waals surface area contributed by atoms with Gasteiger partial charge in [-0.15, -0.1) is 0 Å². The lowest BCUT2D eigenvalue weighted by Gasteiger charge is -2.58. The Balaban J connectivity index is 1.65. The van der Waals surface area contributed by atoms with Gasteiger partial charge in [0.15, 0.2) is 0 Å². The van der Waals surface area contributed by atoms with Crippen molar-refractivity contribution in [1.82, 2.24) is 0 Å². The molecule has 154 valence electrons. The normalized spacial score (nSPS) is 42.0. The zero-order chi connectivity index (χ0) is 20.1. The summed E-state index contributed by atoms with van der Waals surface area (Å²) in [5.74, 6) is 1.43. The number of rotatable bonds is 3. The summed E-state index contributed by atoms with van der Waals surface area (Å²) in [6.07, 6.45) is 11.0. The van der Waals surface area contributed by atoms with E-state index in [1.807, 2.05) is 0 Å². The molecule has 0 aromatic heterocycles. The third kappa shape index (κ3) is 3.04. The number of esters is 2. The second-order valence-corrected chi connectivity index (χ2v) is 9.90. The van der Waals surface area contributed by atoms with Gasteiger partial charge in [-0.2, -0.15) is 0 Å². The minimum Gasteiger partial charge on any atom is -0.465 e. The number of fused-ring (bicyclic) bond motifs is 5. The summed E-state index contributed by atoms with van der Waals surface area (Å²) < 4.78 is 11.4. The number of hydrogen-bond acceptors (Lipinski definition) is 4. The van der Waals surface area contributed by atoms with E-state index in [0.29, 0.717) is 24.4 Å². The summed E-state index contributed by atoms with van der Waals surface area (Å²) in [7, 11) is 0. The molecule has 0 amide bonds. The molecule has 0 radical (unpaired) electrons. The Bertz CT molecular complexity index is 722. The molecule has 0 aromatic rings. The summed E-state index contributed by atoms with van der Waals surface area (Å²) in [4.78, 5) is 23.3. The highest BCUT2D eigenvalue weighted by atomic mass is 16.5. The van der Waals surface area contributed by atoms with Crippen molar-refractivity contribution in [2.45, 2.75) is 78.2 Å². The Hall–Kier alpha value is -1.58. The van der Waals surface area contributed by atoms with Crippen molar-refractivity contribution in [1.29, 1.82) is 0 Å². The topological polar surface area (TPSA) is 52.6 Å². The predicted molar refractivity (Wildman–Crippen MR) is 107 cm³/mol. The molecule has 0 spiro atoms. The fourth-order valence-corrected chi connectivity index (χ4v) is 7.30. The van der Waals surface area contributed by atoms with E-state index in [9.17, 15) is 9.59 Å². The number of hydrogen-bond donors (Lipinski definition) is 0. The van der Waals surface area contributed by atoms with Crippen molar-refractivity contribution >= 4 is 11.9 Å². The monoisotopic (exact) mass is 386 g/mol. The number of carbonyl (C=O) groups excluding carboxylic acids is 2. The number of ether oxygens (including phenoxy) is 2. The van der Waals surface area contributed by atoms with Crippen LogP contribution >= 0.6 is 0 Å². The van der Waals surface area contributed by atoms with Gasteiger partial charge in [-0.3, -0.25) is 9.59 Å². The molecule has 3 fully saturated rings. The molecule has 0 saturated heterocycles. The summed E-state index contributed by atoms with van der Waals surface area (Å²) in [6.45, 7) is 10.1. The molecule has 0 aliphatic heterocycles. The summed E-state index contributed by atoms with van der Waals surface area (Å²) in [5.41, 5.74) is 2.75. The van der Waals surface area contributed by atoms with Gasteiger partial charge in [-0.1, -0.05) is 30.7 Å². The quantitative estimate of drug-likeness (QED) is 0.642. The third-order valence-corrected chi connectivity index (χ3v) is 8.56. The van der Waals surface area contributed by atoms with Gasteiger partial charge in [-0.05, 0) is 69.1 Å². The Labute approximate surface area is 168 Å². The molecule has 0 bridgehead atoms. The summed E-state index contributed by atoms with van der Waals surface area (Å²) in [5, 5.41) is 0. The summed E-state index contributed by atoms with van der Waals surface area (Å²) in [6, 6.07) is 0. The van der Waals surface area contributed by atoms with Crippen molar-refractivity contribution in [2.75, 3.05) is 6.61 Å². The number of allylic oxidation sites excluding steroid dienone is 2. The van der Waals surface area contributed by atoms with Crippen molar-refractivity contribution in [2.24, 2.45) is 28.6 Å². The zero-order valence-electron chi connectivity index (χ0n) is 17.6. The van der Waals surface area contributed by atoms with Crippen LogP contribution in [0.5, 0.6) is 0 Å². The van der Waals surface area contributed by atoms with E-state index in [-0.39, 0.29) is 28.9 Å². The second kappa shape index (κ2) is 7.03. The average Bonchev–Trinajstić information content (AvgIpc) is 2.96. The molecule has 4 aliphatic carbocycles. The lowest BCUT2D eigenvalue weighted by atomic mass is 9.47. The van der Waals surface area contributed by atoms with E-state index >= 15 is 0 Å². The highest BCUT2D eigenvalue weighted by Crippen LogP contribution is 2.66. The average molecular weight is 387 g/mol. The zero-order valence-corrected chi connectivity index (χ0v) is 17.6. The highest BCUT2D eigenvalue weighted by Gasteiger charge is 2.61. The number of carbonyl (C=O) groups is 2. The first-order valence-electron chi connectivity index (χ1n) is 11.0. The van der Waals surface area contributed by atoms with Crippen LogP contribution in [0.25, 0.3) is 0 Å². The standard InChI is InChI=1S/C24H34O4/c1-15-9-12-24(14-27-16(2)25)18(13-15)5-6-19-20-7-8-22(28-17(3)26)23(20,4)11-10-21(19)24/h13,19-22H,1,5-12,14H2,2-4H3/t19-,20-,21-,22-,23-,24+/m0/s1. The van der Waals surface area contributed by atoms with Crippen LogP contribution in [-0.4, -0.2) is 24.6 Å². The van der Waals surface area contributed by atoms with Crippen LogP contribution in [0, 0.1) is 28.6 Å². The maximum Gasteiger partial charge on any atom is 0.302 e. The van der Waals surface area contributed by atoms with Crippen molar-refractivity contribution < 1.29 is 19.1 Å². The van der Waals surface area contributed by atoms with E-state index in [4.69, 9.17) is 9.47 Å². The van der Waals surface area contributed by atoms with Gasteiger partial charge in [0.2, 0.25) is 0 Å². The lowest BCUT2D eigenvalue weighted by Crippen LogP contribution is -2.53. The molecule has 4 aliphatic rings. The van der Waals surface area contributed by atoms with E-state index < -0.39 is 0 Å². The van der Waals surface area contributed by atoms with Crippen molar-refractivity contribution in [3.05, 3.63) is 23.8 Å². The van der Waals surface area contributed by atoms with Gasteiger partial charge in [0.05, 0.1) is 0 Å². The fraction of sp³-hybridized carbons (Fsp3) is 0.750. The Morgan fingerprint density at radius 3 is 2.57 bits per heavy atom. The molecule has 28 heavy (non-hydrogen) atoms. The molecule has 0 N–H and O–H groups in total. The first kappa shape index (κ1) is 19.7. The van der Waals surface area contributed by atoms with E-state index in [1.54, 1.807) is 0 Å². The van der Waals surface area contributed by atoms with Crippen LogP contribution in [0.1, 0.15) is 72.1 Å². The van der Waals surface area contributed by atoms with Gasteiger partial charge in [0.25, 0.3) is 0 Å². The van der Waals surface area contributed by atoms with E-state index in [0.717, 1.165) is 44.9 Å². The van der Waals surface area contributed by atoms with Crippen LogP contribution in [-0.2, 0) is 19.1 Å². The second-order valence-electron chi connectivity index (χ2n) is 9.90. The first-order valence-corrected chi connectivity index (χ1v) is 11.0. The molecule has 6 atom stereocenters. The molecule has 4 rings (SSSR count).